The summed E-state index contributed by atoms with van der Waals surface area (Å²) in [5, 5.41) is 7.40. The Labute approximate surface area is 230 Å². The number of nitrogens with zero attached hydrogens (tertiary/aromatic N) is 5. The van der Waals surface area contributed by atoms with Gasteiger partial charge in [-0.25, -0.2) is 4.98 Å². The molecule has 0 unspecified atom stereocenters. The highest BCUT2D eigenvalue weighted by Crippen LogP contribution is 2.20. The second-order valence-electron chi connectivity index (χ2n) is 9.33. The highest BCUT2D eigenvalue weighted by atomic mass is 32.2. The zero-order valence-corrected chi connectivity index (χ0v) is 22.5. The van der Waals surface area contributed by atoms with Crippen LogP contribution in [0.15, 0.2) is 75.1 Å². The Morgan fingerprint density at radius 1 is 1.03 bits per heavy atom. The predicted molar refractivity (Wildman–Crippen MR) is 151 cm³/mol. The van der Waals surface area contributed by atoms with Crippen molar-refractivity contribution in [3.63, 3.8) is 0 Å². The highest BCUT2D eigenvalue weighted by Gasteiger charge is 2.21. The number of thioether (sulfide) groups is 1. The third kappa shape index (κ3) is 6.48. The number of aromatic nitrogens is 3. The monoisotopic (exact) mass is 546 g/mol. The number of hydrogen-bond acceptors (Lipinski definition) is 8. The van der Waals surface area contributed by atoms with Crippen LogP contribution < -0.4 is 15.8 Å². The highest BCUT2D eigenvalue weighted by molar-refractivity contribution is 7.99. The van der Waals surface area contributed by atoms with Crippen molar-refractivity contribution in [2.24, 2.45) is 0 Å². The van der Waals surface area contributed by atoms with Crippen LogP contribution in [0.3, 0.4) is 0 Å². The van der Waals surface area contributed by atoms with E-state index in [9.17, 15) is 14.4 Å². The minimum Gasteiger partial charge on any atom is -0.368 e. The molecule has 4 aromatic rings. The zero-order chi connectivity index (χ0) is 27.2. The van der Waals surface area contributed by atoms with Crippen molar-refractivity contribution >= 4 is 46.0 Å². The van der Waals surface area contributed by atoms with E-state index in [4.69, 9.17) is 4.52 Å². The number of amides is 2. The summed E-state index contributed by atoms with van der Waals surface area (Å²) in [5.74, 6) is 0.773. The van der Waals surface area contributed by atoms with Gasteiger partial charge in [-0.05, 0) is 37.6 Å². The third-order valence-corrected chi connectivity index (χ3v) is 7.56. The van der Waals surface area contributed by atoms with E-state index in [2.05, 4.69) is 32.5 Å². The topological polar surface area (TPSA) is 114 Å². The number of rotatable bonds is 9. The first kappa shape index (κ1) is 26.5. The third-order valence-electron chi connectivity index (χ3n) is 6.58. The van der Waals surface area contributed by atoms with Crippen LogP contribution in [0, 0.1) is 6.92 Å². The summed E-state index contributed by atoms with van der Waals surface area (Å²) in [6, 6.07) is 19.0. The largest absolute Gasteiger partial charge is 0.368 e. The van der Waals surface area contributed by atoms with Crippen molar-refractivity contribution in [3.05, 3.63) is 76.8 Å². The Balaban J connectivity index is 1.20. The van der Waals surface area contributed by atoms with Gasteiger partial charge in [0.05, 0.1) is 16.7 Å². The fraction of sp³-hybridized carbons (Fsp3) is 0.321. The molecule has 2 aromatic carbocycles. The summed E-state index contributed by atoms with van der Waals surface area (Å²) in [5.41, 5.74) is 1.56. The first-order valence-corrected chi connectivity index (χ1v) is 13.9. The molecule has 0 spiro atoms. The Hall–Kier alpha value is -4.12. The molecule has 2 aromatic heterocycles. The summed E-state index contributed by atoms with van der Waals surface area (Å²) in [6.07, 6.45) is 0.830. The molecule has 1 saturated heterocycles. The van der Waals surface area contributed by atoms with Crippen LogP contribution >= 0.6 is 11.8 Å². The number of anilines is 2. The van der Waals surface area contributed by atoms with E-state index in [0.717, 1.165) is 13.1 Å². The summed E-state index contributed by atoms with van der Waals surface area (Å²) < 4.78 is 6.55. The number of nitrogens with one attached hydrogen (secondary N) is 1. The molecule has 2 amide bonds. The van der Waals surface area contributed by atoms with Gasteiger partial charge >= 0.3 is 0 Å². The molecule has 3 heterocycles. The summed E-state index contributed by atoms with van der Waals surface area (Å²) in [7, 11) is 0. The number of aryl methyl sites for hydroxylation is 1. The Bertz CT molecular complexity index is 1510. The predicted octanol–water partition coefficient (Wildman–Crippen LogP) is 3.55. The smallest absolute Gasteiger partial charge is 0.262 e. The lowest BCUT2D eigenvalue weighted by Gasteiger charge is -2.36. The molecule has 0 saturated carbocycles. The molecule has 0 bridgehead atoms. The zero-order valence-electron chi connectivity index (χ0n) is 21.7. The van der Waals surface area contributed by atoms with E-state index in [1.807, 2.05) is 29.2 Å². The SMILES string of the molecule is Cc1cc(NC(=O)CSc2nc3ccccc3c(=O)n2CCCC(=O)N2CCN(c3ccccc3)CC2)no1. The van der Waals surface area contributed by atoms with E-state index in [1.54, 1.807) is 35.8 Å². The van der Waals surface area contributed by atoms with Crippen molar-refractivity contribution < 1.29 is 14.1 Å². The maximum absolute atomic E-state index is 13.3. The number of para-hydroxylation sites is 2. The number of piperazine rings is 1. The van der Waals surface area contributed by atoms with Gasteiger partial charge in [-0.2, -0.15) is 0 Å². The van der Waals surface area contributed by atoms with Gasteiger partial charge in [-0.15, -0.1) is 0 Å². The van der Waals surface area contributed by atoms with Crippen molar-refractivity contribution in [2.45, 2.75) is 31.5 Å². The Morgan fingerprint density at radius 2 is 1.77 bits per heavy atom. The first-order chi connectivity index (χ1) is 19.0. The van der Waals surface area contributed by atoms with Gasteiger partial charge in [0.2, 0.25) is 11.8 Å². The Kier molecular flexibility index (Phi) is 8.26. The van der Waals surface area contributed by atoms with Crippen molar-refractivity contribution in [3.8, 4) is 0 Å². The van der Waals surface area contributed by atoms with Gasteiger partial charge in [0.15, 0.2) is 11.0 Å². The first-order valence-electron chi connectivity index (χ1n) is 12.9. The summed E-state index contributed by atoms with van der Waals surface area (Å²) >= 11 is 1.18. The minimum absolute atomic E-state index is 0.0430. The second kappa shape index (κ2) is 12.2. The second-order valence-corrected chi connectivity index (χ2v) is 10.3. The van der Waals surface area contributed by atoms with E-state index in [1.165, 1.54) is 17.4 Å². The lowest BCUT2D eigenvalue weighted by molar-refractivity contribution is -0.131. The lowest BCUT2D eigenvalue weighted by Crippen LogP contribution is -2.48. The molecule has 10 nitrogen and oxygen atoms in total. The number of carbonyl (C=O) groups is 2. The maximum atomic E-state index is 13.3. The lowest BCUT2D eigenvalue weighted by atomic mass is 10.2. The van der Waals surface area contributed by atoms with E-state index in [0.29, 0.717) is 60.1 Å². The minimum atomic E-state index is -0.285. The van der Waals surface area contributed by atoms with Gasteiger partial charge in [0.25, 0.3) is 5.56 Å². The fourth-order valence-electron chi connectivity index (χ4n) is 4.59. The van der Waals surface area contributed by atoms with E-state index in [-0.39, 0.29) is 23.1 Å². The molecular weight excluding hydrogens is 516 g/mol. The molecule has 1 N–H and O–H groups in total. The van der Waals surface area contributed by atoms with Crippen molar-refractivity contribution in [2.75, 3.05) is 42.1 Å². The molecular formula is C28H30N6O4S. The Morgan fingerprint density at radius 3 is 2.51 bits per heavy atom. The molecule has 1 aliphatic rings. The number of carbonyl (C=O) groups excluding carboxylic acids is 2. The van der Waals surface area contributed by atoms with Crippen LogP contribution in [-0.4, -0.2) is 63.4 Å². The van der Waals surface area contributed by atoms with E-state index < -0.39 is 0 Å². The molecule has 11 heteroatoms. The van der Waals surface area contributed by atoms with E-state index >= 15 is 0 Å². The molecule has 202 valence electrons. The maximum Gasteiger partial charge on any atom is 0.262 e. The number of fused-ring (bicyclic) bond motifs is 1. The summed E-state index contributed by atoms with van der Waals surface area (Å²) in [4.78, 5) is 47.6. The van der Waals surface area contributed by atoms with Crippen LogP contribution in [-0.2, 0) is 16.1 Å². The molecule has 0 aliphatic carbocycles. The van der Waals surface area contributed by atoms with Crippen LogP contribution in [0.2, 0.25) is 0 Å². The summed E-state index contributed by atoms with van der Waals surface area (Å²) in [6.45, 7) is 5.00. The number of benzene rings is 2. The molecule has 0 atom stereocenters. The molecule has 1 fully saturated rings. The van der Waals surface area contributed by atoms with Gasteiger partial charge in [0, 0.05) is 50.9 Å². The molecule has 5 rings (SSSR count). The van der Waals surface area contributed by atoms with Gasteiger partial charge in [-0.1, -0.05) is 47.3 Å². The van der Waals surface area contributed by atoms with Gasteiger partial charge in [0.1, 0.15) is 5.76 Å². The van der Waals surface area contributed by atoms with Gasteiger partial charge in [-0.3, -0.25) is 19.0 Å². The molecule has 1 aliphatic heterocycles. The van der Waals surface area contributed by atoms with Crippen LogP contribution in [0.4, 0.5) is 11.5 Å². The standard InChI is InChI=1S/C28H30N6O4S/c1-20-18-24(31-38-20)30-25(35)19-39-28-29-23-11-6-5-10-22(23)27(37)34(28)13-7-12-26(36)33-16-14-32(15-17-33)21-8-3-2-4-9-21/h2-6,8-11,18H,7,12-17,19H2,1H3,(H,30,31,35). The van der Waals surface area contributed by atoms with Crippen LogP contribution in [0.1, 0.15) is 18.6 Å². The van der Waals surface area contributed by atoms with Crippen LogP contribution in [0.25, 0.3) is 10.9 Å². The molecule has 0 radical (unpaired) electrons. The number of hydrogen-bond donors (Lipinski definition) is 1. The van der Waals surface area contributed by atoms with Crippen LogP contribution in [0.5, 0.6) is 0 Å². The van der Waals surface area contributed by atoms with Crippen molar-refractivity contribution in [1.82, 2.24) is 19.6 Å². The quantitative estimate of drug-likeness (QED) is 0.251. The average molecular weight is 547 g/mol. The van der Waals surface area contributed by atoms with Crippen molar-refractivity contribution in [1.29, 1.82) is 0 Å². The average Bonchev–Trinajstić information content (AvgIpc) is 3.37. The van der Waals surface area contributed by atoms with Gasteiger partial charge < -0.3 is 19.6 Å². The normalized spacial score (nSPS) is 13.6. The molecule has 39 heavy (non-hydrogen) atoms. The fourth-order valence-corrected chi connectivity index (χ4v) is 5.41.